The lowest BCUT2D eigenvalue weighted by molar-refractivity contribution is 0.312. The van der Waals surface area contributed by atoms with Gasteiger partial charge in [0.2, 0.25) is 0 Å². The third kappa shape index (κ3) is 2.77. The summed E-state index contributed by atoms with van der Waals surface area (Å²) in [6, 6.07) is 10.2. The van der Waals surface area contributed by atoms with Crippen molar-refractivity contribution in [2.45, 2.75) is 0 Å². The van der Waals surface area contributed by atoms with Crippen molar-refractivity contribution in [3.8, 4) is 11.3 Å². The summed E-state index contributed by atoms with van der Waals surface area (Å²) in [5.41, 5.74) is 1.65. The van der Waals surface area contributed by atoms with Gasteiger partial charge < -0.3 is 9.80 Å². The number of anilines is 1. The predicted octanol–water partition coefficient (Wildman–Crippen LogP) is 2.03. The number of piperazine rings is 1. The van der Waals surface area contributed by atoms with Crippen LogP contribution in [0.3, 0.4) is 0 Å². The molecule has 2 heterocycles. The van der Waals surface area contributed by atoms with E-state index in [1.54, 1.807) is 12.1 Å². The minimum atomic E-state index is -0.240. The molecule has 0 amide bonds. The van der Waals surface area contributed by atoms with Gasteiger partial charge in [0.1, 0.15) is 5.82 Å². The Bertz CT molecular complexity index is 559. The topological polar surface area (TPSA) is 32.3 Å². The van der Waals surface area contributed by atoms with Gasteiger partial charge in [0.25, 0.3) is 0 Å². The van der Waals surface area contributed by atoms with Crippen LogP contribution in [0.1, 0.15) is 0 Å². The Morgan fingerprint density at radius 2 is 1.60 bits per heavy atom. The molecule has 2 aromatic rings. The molecule has 0 radical (unpaired) electrons. The Morgan fingerprint density at radius 1 is 0.900 bits per heavy atom. The van der Waals surface area contributed by atoms with Crippen molar-refractivity contribution in [1.29, 1.82) is 0 Å². The Labute approximate surface area is 117 Å². The number of hydrogen-bond donors (Lipinski definition) is 0. The van der Waals surface area contributed by atoms with E-state index >= 15 is 0 Å². The van der Waals surface area contributed by atoms with Crippen LogP contribution >= 0.6 is 0 Å². The van der Waals surface area contributed by atoms with Gasteiger partial charge in [0.15, 0.2) is 5.82 Å². The summed E-state index contributed by atoms with van der Waals surface area (Å²) >= 11 is 0. The third-order valence-corrected chi connectivity index (χ3v) is 3.62. The van der Waals surface area contributed by atoms with E-state index in [0.29, 0.717) is 0 Å². The molecule has 104 valence electrons. The van der Waals surface area contributed by atoms with Crippen molar-refractivity contribution in [2.24, 2.45) is 0 Å². The quantitative estimate of drug-likeness (QED) is 0.837. The van der Waals surface area contributed by atoms with Crippen molar-refractivity contribution in [3.63, 3.8) is 0 Å². The smallest absolute Gasteiger partial charge is 0.151 e. The average Bonchev–Trinajstić information content (AvgIpc) is 2.49. The molecule has 0 atom stereocenters. The van der Waals surface area contributed by atoms with Crippen LogP contribution in [0.15, 0.2) is 36.4 Å². The molecule has 0 spiro atoms. The summed E-state index contributed by atoms with van der Waals surface area (Å²) in [6.45, 7) is 4.03. The minimum absolute atomic E-state index is 0.240. The molecule has 1 aromatic heterocycles. The van der Waals surface area contributed by atoms with E-state index in [2.05, 4.69) is 27.0 Å². The van der Waals surface area contributed by atoms with Crippen molar-refractivity contribution in [1.82, 2.24) is 15.1 Å². The molecular weight excluding hydrogens is 255 g/mol. The highest BCUT2D eigenvalue weighted by atomic mass is 19.1. The van der Waals surface area contributed by atoms with Crippen LogP contribution in [0.25, 0.3) is 11.3 Å². The second-order valence-corrected chi connectivity index (χ2v) is 5.07. The van der Waals surface area contributed by atoms with E-state index < -0.39 is 0 Å². The Morgan fingerprint density at radius 3 is 2.20 bits per heavy atom. The maximum Gasteiger partial charge on any atom is 0.151 e. The summed E-state index contributed by atoms with van der Waals surface area (Å²) in [6.07, 6.45) is 0. The van der Waals surface area contributed by atoms with E-state index in [-0.39, 0.29) is 5.82 Å². The average molecular weight is 272 g/mol. The molecule has 0 unspecified atom stereocenters. The lowest BCUT2D eigenvalue weighted by atomic mass is 10.1. The highest BCUT2D eigenvalue weighted by Gasteiger charge is 2.15. The number of benzene rings is 1. The molecule has 1 saturated heterocycles. The van der Waals surface area contributed by atoms with Gasteiger partial charge >= 0.3 is 0 Å². The molecule has 3 rings (SSSR count). The number of aromatic nitrogens is 2. The van der Waals surface area contributed by atoms with E-state index in [1.807, 2.05) is 12.1 Å². The third-order valence-electron chi connectivity index (χ3n) is 3.62. The van der Waals surface area contributed by atoms with E-state index in [0.717, 1.165) is 43.3 Å². The Kier molecular flexibility index (Phi) is 3.60. The first-order valence-electron chi connectivity index (χ1n) is 6.75. The summed E-state index contributed by atoms with van der Waals surface area (Å²) in [5, 5.41) is 8.53. The van der Waals surface area contributed by atoms with Gasteiger partial charge in [-0.2, -0.15) is 0 Å². The lowest BCUT2D eigenvalue weighted by Crippen LogP contribution is -2.44. The summed E-state index contributed by atoms with van der Waals surface area (Å²) in [7, 11) is 2.13. The number of halogens is 1. The van der Waals surface area contributed by atoms with Crippen LogP contribution in [0, 0.1) is 5.82 Å². The summed E-state index contributed by atoms with van der Waals surface area (Å²) in [4.78, 5) is 4.54. The zero-order valence-electron chi connectivity index (χ0n) is 11.5. The molecule has 1 aromatic carbocycles. The number of hydrogen-bond acceptors (Lipinski definition) is 4. The van der Waals surface area contributed by atoms with Crippen molar-refractivity contribution >= 4 is 5.82 Å². The van der Waals surface area contributed by atoms with Crippen LogP contribution in [0.4, 0.5) is 10.2 Å². The second kappa shape index (κ2) is 5.54. The van der Waals surface area contributed by atoms with Gasteiger partial charge in [-0.3, -0.25) is 0 Å². The van der Waals surface area contributed by atoms with Crippen molar-refractivity contribution in [2.75, 3.05) is 38.1 Å². The molecule has 0 N–H and O–H groups in total. The van der Waals surface area contributed by atoms with E-state index in [9.17, 15) is 4.39 Å². The fourth-order valence-corrected chi connectivity index (χ4v) is 2.30. The number of rotatable bonds is 2. The molecule has 1 aliphatic heterocycles. The van der Waals surface area contributed by atoms with Gasteiger partial charge in [-0.1, -0.05) is 0 Å². The maximum absolute atomic E-state index is 12.9. The lowest BCUT2D eigenvalue weighted by Gasteiger charge is -2.32. The van der Waals surface area contributed by atoms with Crippen molar-refractivity contribution < 1.29 is 4.39 Å². The van der Waals surface area contributed by atoms with Crippen LogP contribution in [0.5, 0.6) is 0 Å². The maximum atomic E-state index is 12.9. The Balaban J connectivity index is 1.76. The van der Waals surface area contributed by atoms with Crippen LogP contribution in [0.2, 0.25) is 0 Å². The highest BCUT2D eigenvalue weighted by molar-refractivity contribution is 5.59. The van der Waals surface area contributed by atoms with Crippen molar-refractivity contribution in [3.05, 3.63) is 42.2 Å². The normalized spacial score (nSPS) is 16.4. The van der Waals surface area contributed by atoms with Crippen LogP contribution < -0.4 is 4.90 Å². The summed E-state index contributed by atoms with van der Waals surface area (Å²) < 4.78 is 12.9. The summed E-state index contributed by atoms with van der Waals surface area (Å²) in [5.74, 6) is 0.666. The van der Waals surface area contributed by atoms with Crippen LogP contribution in [-0.4, -0.2) is 48.3 Å². The first kappa shape index (κ1) is 13.0. The molecule has 20 heavy (non-hydrogen) atoms. The zero-order valence-corrected chi connectivity index (χ0v) is 11.5. The number of likely N-dealkylation sites (N-methyl/N-ethyl adjacent to an activating group) is 1. The molecule has 1 aliphatic rings. The molecule has 0 bridgehead atoms. The first-order chi connectivity index (χ1) is 9.72. The monoisotopic (exact) mass is 272 g/mol. The van der Waals surface area contributed by atoms with Gasteiger partial charge in [-0.05, 0) is 43.4 Å². The second-order valence-electron chi connectivity index (χ2n) is 5.07. The fraction of sp³-hybridized carbons (Fsp3) is 0.333. The number of nitrogens with zero attached hydrogens (tertiary/aromatic N) is 4. The SMILES string of the molecule is CN1CCN(c2ccc(-c3ccc(F)cc3)nn2)CC1. The predicted molar refractivity (Wildman–Crippen MR) is 77.1 cm³/mol. The van der Waals surface area contributed by atoms with E-state index in [1.165, 1.54) is 12.1 Å². The fourth-order valence-electron chi connectivity index (χ4n) is 2.30. The minimum Gasteiger partial charge on any atom is -0.353 e. The molecule has 0 saturated carbocycles. The zero-order chi connectivity index (χ0) is 13.9. The molecule has 0 aliphatic carbocycles. The van der Waals surface area contributed by atoms with E-state index in [4.69, 9.17) is 0 Å². The largest absolute Gasteiger partial charge is 0.353 e. The first-order valence-corrected chi connectivity index (χ1v) is 6.75. The van der Waals surface area contributed by atoms with Crippen LogP contribution in [-0.2, 0) is 0 Å². The highest BCUT2D eigenvalue weighted by Crippen LogP contribution is 2.19. The van der Waals surface area contributed by atoms with Gasteiger partial charge in [-0.25, -0.2) is 4.39 Å². The molecule has 4 nitrogen and oxygen atoms in total. The Hall–Kier alpha value is -2.01. The van der Waals surface area contributed by atoms with Gasteiger partial charge in [0.05, 0.1) is 5.69 Å². The van der Waals surface area contributed by atoms with Gasteiger partial charge in [0, 0.05) is 31.7 Å². The molecule has 5 heteroatoms. The molecular formula is C15H17FN4. The van der Waals surface area contributed by atoms with Gasteiger partial charge in [-0.15, -0.1) is 10.2 Å². The standard InChI is InChI=1S/C15H17FN4/c1-19-8-10-20(11-9-19)15-7-6-14(17-18-15)12-2-4-13(16)5-3-12/h2-7H,8-11H2,1H3. The molecule has 1 fully saturated rings.